The zero-order valence-electron chi connectivity index (χ0n) is 9.66. The lowest BCUT2D eigenvalue weighted by atomic mass is 10.0. The molecule has 0 spiro atoms. The summed E-state index contributed by atoms with van der Waals surface area (Å²) in [6.45, 7) is 3.87. The summed E-state index contributed by atoms with van der Waals surface area (Å²) in [5.74, 6) is -0.895. The van der Waals surface area contributed by atoms with E-state index in [1.165, 1.54) is 0 Å². The smallest absolute Gasteiger partial charge is 0.222 e. The van der Waals surface area contributed by atoms with E-state index in [1.807, 2.05) is 32.0 Å². The van der Waals surface area contributed by atoms with Crippen LogP contribution in [-0.4, -0.2) is 9.97 Å². The van der Waals surface area contributed by atoms with E-state index in [1.54, 1.807) is 0 Å². The van der Waals surface area contributed by atoms with Crippen molar-refractivity contribution in [1.29, 1.82) is 0 Å². The van der Waals surface area contributed by atoms with Gasteiger partial charge in [-0.15, -0.1) is 0 Å². The van der Waals surface area contributed by atoms with E-state index >= 15 is 0 Å². The number of aromatic nitrogens is 2. The summed E-state index contributed by atoms with van der Waals surface area (Å²) in [6.07, 6.45) is 0. The van der Waals surface area contributed by atoms with E-state index in [0.29, 0.717) is 5.56 Å². The molecule has 0 amide bonds. The standard InChI is InChI=1S/C12H13FN4/c1-6-3-7(2)5-8(4-6)10-9(13)11(14)17-12(15)16-10/h3-5H,1-2H3,(H4,14,15,16,17). The Morgan fingerprint density at radius 2 is 1.59 bits per heavy atom. The number of aryl methyl sites for hydroxylation is 2. The molecule has 5 heteroatoms. The largest absolute Gasteiger partial charge is 0.381 e. The average molecular weight is 232 g/mol. The van der Waals surface area contributed by atoms with Crippen molar-refractivity contribution in [3.8, 4) is 11.3 Å². The van der Waals surface area contributed by atoms with Gasteiger partial charge in [0.2, 0.25) is 5.95 Å². The number of halogens is 1. The van der Waals surface area contributed by atoms with Gasteiger partial charge in [-0.25, -0.2) is 9.37 Å². The van der Waals surface area contributed by atoms with Crippen molar-refractivity contribution in [2.24, 2.45) is 0 Å². The van der Waals surface area contributed by atoms with Gasteiger partial charge in [0, 0.05) is 5.56 Å². The molecule has 0 fully saturated rings. The topological polar surface area (TPSA) is 77.8 Å². The van der Waals surface area contributed by atoms with Crippen LogP contribution in [0.4, 0.5) is 16.2 Å². The number of hydrogen-bond acceptors (Lipinski definition) is 4. The van der Waals surface area contributed by atoms with Gasteiger partial charge in [0.25, 0.3) is 0 Å². The molecular weight excluding hydrogens is 219 g/mol. The van der Waals surface area contributed by atoms with Gasteiger partial charge >= 0.3 is 0 Å². The second-order valence-corrected chi connectivity index (χ2v) is 4.01. The van der Waals surface area contributed by atoms with Crippen LogP contribution in [0.25, 0.3) is 11.3 Å². The molecule has 1 aromatic carbocycles. The van der Waals surface area contributed by atoms with Crippen LogP contribution in [0.5, 0.6) is 0 Å². The van der Waals surface area contributed by atoms with Crippen molar-refractivity contribution >= 4 is 11.8 Å². The molecule has 1 aromatic heterocycles. The van der Waals surface area contributed by atoms with Crippen LogP contribution < -0.4 is 11.5 Å². The Morgan fingerprint density at radius 3 is 2.18 bits per heavy atom. The maximum atomic E-state index is 13.8. The predicted molar refractivity (Wildman–Crippen MR) is 65.7 cm³/mol. The van der Waals surface area contributed by atoms with Gasteiger partial charge in [-0.3, -0.25) is 0 Å². The first kappa shape index (κ1) is 11.3. The van der Waals surface area contributed by atoms with Gasteiger partial charge in [0.15, 0.2) is 11.6 Å². The van der Waals surface area contributed by atoms with E-state index in [0.717, 1.165) is 11.1 Å². The van der Waals surface area contributed by atoms with Gasteiger partial charge in [-0.2, -0.15) is 4.98 Å². The number of rotatable bonds is 1. The molecule has 4 N–H and O–H groups in total. The van der Waals surface area contributed by atoms with Crippen molar-refractivity contribution in [3.05, 3.63) is 35.1 Å². The molecule has 0 bridgehead atoms. The first-order chi connectivity index (χ1) is 7.97. The molecule has 0 aliphatic rings. The molecule has 0 saturated carbocycles. The summed E-state index contributed by atoms with van der Waals surface area (Å²) in [5.41, 5.74) is 13.7. The van der Waals surface area contributed by atoms with Crippen LogP contribution in [0, 0.1) is 19.7 Å². The highest BCUT2D eigenvalue weighted by atomic mass is 19.1. The molecule has 2 aromatic rings. The lowest BCUT2D eigenvalue weighted by Crippen LogP contribution is -2.05. The molecule has 2 rings (SSSR count). The third-order valence-corrected chi connectivity index (χ3v) is 2.39. The maximum absolute atomic E-state index is 13.8. The Labute approximate surface area is 98.5 Å². The van der Waals surface area contributed by atoms with Crippen molar-refractivity contribution in [2.45, 2.75) is 13.8 Å². The number of hydrogen-bond donors (Lipinski definition) is 2. The monoisotopic (exact) mass is 232 g/mol. The van der Waals surface area contributed by atoms with E-state index in [4.69, 9.17) is 11.5 Å². The number of nitrogen functional groups attached to an aromatic ring is 2. The third kappa shape index (κ3) is 2.18. The summed E-state index contributed by atoms with van der Waals surface area (Å²) in [6, 6.07) is 5.66. The molecule has 4 nitrogen and oxygen atoms in total. The van der Waals surface area contributed by atoms with Crippen LogP contribution in [0.15, 0.2) is 18.2 Å². The number of benzene rings is 1. The molecule has 88 valence electrons. The SMILES string of the molecule is Cc1cc(C)cc(-c2nc(N)nc(N)c2F)c1. The Balaban J connectivity index is 2.67. The second-order valence-electron chi connectivity index (χ2n) is 4.01. The van der Waals surface area contributed by atoms with Gasteiger partial charge in [0.1, 0.15) is 5.69 Å². The average Bonchev–Trinajstić information content (AvgIpc) is 2.22. The fourth-order valence-corrected chi connectivity index (χ4v) is 1.79. The minimum atomic E-state index is -0.635. The molecule has 0 aliphatic carbocycles. The van der Waals surface area contributed by atoms with Crippen molar-refractivity contribution in [1.82, 2.24) is 9.97 Å². The van der Waals surface area contributed by atoms with Gasteiger partial charge in [-0.05, 0) is 26.0 Å². The Bertz CT molecular complexity index is 561. The maximum Gasteiger partial charge on any atom is 0.222 e. The van der Waals surface area contributed by atoms with Crippen molar-refractivity contribution < 1.29 is 4.39 Å². The summed E-state index contributed by atoms with van der Waals surface area (Å²) < 4.78 is 13.8. The van der Waals surface area contributed by atoms with E-state index in [-0.39, 0.29) is 17.5 Å². The molecule has 1 heterocycles. The minimum absolute atomic E-state index is 0.0296. The first-order valence-corrected chi connectivity index (χ1v) is 5.14. The van der Waals surface area contributed by atoms with E-state index in [2.05, 4.69) is 9.97 Å². The van der Waals surface area contributed by atoms with Crippen LogP contribution in [-0.2, 0) is 0 Å². The van der Waals surface area contributed by atoms with E-state index < -0.39 is 5.82 Å². The van der Waals surface area contributed by atoms with Gasteiger partial charge < -0.3 is 11.5 Å². The van der Waals surface area contributed by atoms with Gasteiger partial charge in [0.05, 0.1) is 0 Å². The summed E-state index contributed by atoms with van der Waals surface area (Å²) in [7, 11) is 0. The zero-order chi connectivity index (χ0) is 12.6. The number of anilines is 2. The molecule has 0 atom stereocenters. The molecule has 0 radical (unpaired) electrons. The summed E-state index contributed by atoms with van der Waals surface area (Å²) in [4.78, 5) is 7.47. The summed E-state index contributed by atoms with van der Waals surface area (Å²) >= 11 is 0. The van der Waals surface area contributed by atoms with Gasteiger partial charge in [-0.1, -0.05) is 17.2 Å². The molecule has 0 saturated heterocycles. The fraction of sp³-hybridized carbons (Fsp3) is 0.167. The molecular formula is C12H13FN4. The van der Waals surface area contributed by atoms with E-state index in [9.17, 15) is 4.39 Å². The Kier molecular flexibility index (Phi) is 2.67. The summed E-state index contributed by atoms with van der Waals surface area (Å²) in [5, 5.41) is 0. The normalized spacial score (nSPS) is 10.5. The van der Waals surface area contributed by atoms with Crippen molar-refractivity contribution in [2.75, 3.05) is 11.5 Å². The molecule has 0 unspecified atom stereocenters. The van der Waals surface area contributed by atoms with Crippen LogP contribution in [0.2, 0.25) is 0 Å². The van der Waals surface area contributed by atoms with Crippen LogP contribution in [0.3, 0.4) is 0 Å². The van der Waals surface area contributed by atoms with Crippen LogP contribution >= 0.6 is 0 Å². The highest BCUT2D eigenvalue weighted by molar-refractivity contribution is 5.65. The fourth-order valence-electron chi connectivity index (χ4n) is 1.79. The van der Waals surface area contributed by atoms with Crippen molar-refractivity contribution in [3.63, 3.8) is 0 Å². The Morgan fingerprint density at radius 1 is 1.00 bits per heavy atom. The molecule has 0 aliphatic heterocycles. The quantitative estimate of drug-likeness (QED) is 0.788. The lowest BCUT2D eigenvalue weighted by Gasteiger charge is -2.07. The second kappa shape index (κ2) is 4.01. The Hall–Kier alpha value is -2.17. The third-order valence-electron chi connectivity index (χ3n) is 2.39. The van der Waals surface area contributed by atoms with Crippen LogP contribution in [0.1, 0.15) is 11.1 Å². The highest BCUT2D eigenvalue weighted by Crippen LogP contribution is 2.25. The predicted octanol–water partition coefficient (Wildman–Crippen LogP) is 2.06. The highest BCUT2D eigenvalue weighted by Gasteiger charge is 2.13. The lowest BCUT2D eigenvalue weighted by molar-refractivity contribution is 0.625. The number of nitrogens with two attached hydrogens (primary N) is 2. The zero-order valence-corrected chi connectivity index (χ0v) is 9.66. The number of nitrogens with zero attached hydrogens (tertiary/aromatic N) is 2. The molecule has 17 heavy (non-hydrogen) atoms. The minimum Gasteiger partial charge on any atom is -0.381 e. The first-order valence-electron chi connectivity index (χ1n) is 5.14.